The second-order valence-corrected chi connectivity index (χ2v) is 7.97. The fraction of sp³-hybridized carbons (Fsp3) is 0.409. The Morgan fingerprint density at radius 1 is 1.18 bits per heavy atom. The molecule has 0 saturated heterocycles. The van der Waals surface area contributed by atoms with Crippen molar-refractivity contribution in [1.29, 1.82) is 0 Å². The van der Waals surface area contributed by atoms with E-state index in [-0.39, 0.29) is 0 Å². The minimum Gasteiger partial charge on any atom is -0.495 e. The molecular weight excluding hydrogens is 416 g/mol. The third-order valence-electron chi connectivity index (χ3n) is 4.92. The molecule has 0 saturated carbocycles. The molecule has 3 rings (SSSR count). The average Bonchev–Trinajstić information content (AvgIpc) is 2.99. The summed E-state index contributed by atoms with van der Waals surface area (Å²) in [5.74, 6) is 1.59. The molecule has 0 amide bonds. The molecule has 2 aromatic carbocycles. The number of halogens is 1. The minimum absolute atomic E-state index is 0.790. The monoisotopic (exact) mass is 444 g/mol. The minimum atomic E-state index is 0.790. The number of rotatable bonds is 8. The van der Waals surface area contributed by atoms with Gasteiger partial charge in [0.05, 0.1) is 29.5 Å². The number of aromatic nitrogens is 2. The highest BCUT2D eigenvalue weighted by molar-refractivity contribution is 9.10. The molecule has 0 atom stereocenters. The third kappa shape index (κ3) is 3.97. The number of benzene rings is 2. The zero-order chi connectivity index (χ0) is 20.3. The van der Waals surface area contributed by atoms with Gasteiger partial charge in [-0.25, -0.2) is 4.98 Å². The largest absolute Gasteiger partial charge is 0.495 e. The summed E-state index contributed by atoms with van der Waals surface area (Å²) in [7, 11) is 3.75. The van der Waals surface area contributed by atoms with Crippen molar-refractivity contribution in [3.63, 3.8) is 0 Å². The topological polar surface area (TPSA) is 42.3 Å². The lowest BCUT2D eigenvalue weighted by molar-refractivity contribution is 0.416. The van der Waals surface area contributed by atoms with Gasteiger partial charge in [0.25, 0.3) is 0 Å². The van der Waals surface area contributed by atoms with E-state index in [9.17, 15) is 0 Å². The first-order chi connectivity index (χ1) is 13.5. The molecule has 28 heavy (non-hydrogen) atoms. The average molecular weight is 445 g/mol. The van der Waals surface area contributed by atoms with E-state index in [2.05, 4.69) is 82.8 Å². The van der Waals surface area contributed by atoms with Gasteiger partial charge >= 0.3 is 0 Å². The summed E-state index contributed by atoms with van der Waals surface area (Å²) < 4.78 is 8.72. The number of para-hydroxylation sites is 1. The van der Waals surface area contributed by atoms with Gasteiger partial charge in [0, 0.05) is 24.6 Å². The van der Waals surface area contributed by atoms with Crippen LogP contribution in [0.4, 0.5) is 17.3 Å². The maximum absolute atomic E-state index is 5.58. The van der Waals surface area contributed by atoms with Crippen molar-refractivity contribution in [2.45, 2.75) is 33.6 Å². The number of fused-ring (bicyclic) bond motifs is 1. The summed E-state index contributed by atoms with van der Waals surface area (Å²) >= 11 is 3.54. The van der Waals surface area contributed by atoms with Crippen LogP contribution in [0.1, 0.15) is 32.3 Å². The molecule has 3 aromatic rings. The number of hydrogen-bond acceptors (Lipinski definition) is 4. The number of nitrogens with one attached hydrogen (secondary N) is 1. The van der Waals surface area contributed by atoms with E-state index in [1.54, 1.807) is 7.11 Å². The Morgan fingerprint density at radius 2 is 1.89 bits per heavy atom. The van der Waals surface area contributed by atoms with E-state index in [1.165, 1.54) is 5.69 Å². The number of hydrogen-bond donors (Lipinski definition) is 1. The number of ether oxygens (including phenoxy) is 1. The fourth-order valence-electron chi connectivity index (χ4n) is 3.65. The maximum atomic E-state index is 5.58. The van der Waals surface area contributed by atoms with Crippen LogP contribution >= 0.6 is 15.9 Å². The Balaban J connectivity index is 2.08. The molecule has 0 unspecified atom stereocenters. The van der Waals surface area contributed by atoms with Crippen LogP contribution in [0.2, 0.25) is 0 Å². The van der Waals surface area contributed by atoms with E-state index in [4.69, 9.17) is 9.72 Å². The van der Waals surface area contributed by atoms with Gasteiger partial charge in [-0.05, 0) is 49.6 Å². The molecule has 0 aliphatic carbocycles. The smallest absolute Gasteiger partial charge is 0.208 e. The second kappa shape index (κ2) is 8.86. The van der Waals surface area contributed by atoms with Crippen molar-refractivity contribution in [3.8, 4) is 5.75 Å². The van der Waals surface area contributed by atoms with Crippen LogP contribution < -0.4 is 15.0 Å². The van der Waals surface area contributed by atoms with Crippen LogP contribution in [-0.4, -0.2) is 29.8 Å². The Hall–Kier alpha value is -2.21. The quantitative estimate of drug-likeness (QED) is 0.460. The number of imidazole rings is 1. The van der Waals surface area contributed by atoms with Gasteiger partial charge in [0.1, 0.15) is 5.75 Å². The molecule has 0 spiro atoms. The maximum Gasteiger partial charge on any atom is 0.208 e. The first-order valence-corrected chi connectivity index (χ1v) is 10.6. The van der Waals surface area contributed by atoms with Gasteiger partial charge in [-0.3, -0.25) is 0 Å². The highest BCUT2D eigenvalue weighted by Crippen LogP contribution is 2.36. The molecule has 0 aliphatic heterocycles. The lowest BCUT2D eigenvalue weighted by Gasteiger charge is -2.25. The molecule has 1 heterocycles. The molecule has 150 valence electrons. The standard InChI is InChI=1S/C22H29BrN4O/c1-6-11-27(12-7-2)18-10-8-9-17-21(18)26(4)22(24-17)25-20-15(3)13-16(23)14-19(20)28-5/h8-10,13-14H,6-7,11-12H2,1-5H3,(H,24,25). The van der Waals surface area contributed by atoms with Gasteiger partial charge in [0.15, 0.2) is 0 Å². The molecule has 6 heteroatoms. The molecule has 0 fully saturated rings. The van der Waals surface area contributed by atoms with Crippen LogP contribution in [0.25, 0.3) is 11.0 Å². The molecule has 0 bridgehead atoms. The number of nitrogens with zero attached hydrogens (tertiary/aromatic N) is 3. The lowest BCUT2D eigenvalue weighted by Crippen LogP contribution is -2.25. The van der Waals surface area contributed by atoms with Crippen molar-refractivity contribution in [2.24, 2.45) is 7.05 Å². The highest BCUT2D eigenvalue weighted by Gasteiger charge is 2.17. The van der Waals surface area contributed by atoms with Gasteiger partial charge in [-0.2, -0.15) is 0 Å². The normalized spacial score (nSPS) is 11.1. The Labute approximate surface area is 175 Å². The summed E-state index contributed by atoms with van der Waals surface area (Å²) in [6.07, 6.45) is 2.24. The van der Waals surface area contributed by atoms with Gasteiger partial charge < -0.3 is 19.5 Å². The van der Waals surface area contributed by atoms with E-state index in [0.29, 0.717) is 0 Å². The second-order valence-electron chi connectivity index (χ2n) is 7.05. The summed E-state index contributed by atoms with van der Waals surface area (Å²) in [4.78, 5) is 7.33. The Morgan fingerprint density at radius 3 is 2.54 bits per heavy atom. The lowest BCUT2D eigenvalue weighted by atomic mass is 10.2. The fourth-order valence-corrected chi connectivity index (χ4v) is 4.20. The number of anilines is 3. The van der Waals surface area contributed by atoms with Crippen molar-refractivity contribution in [1.82, 2.24) is 9.55 Å². The van der Waals surface area contributed by atoms with Gasteiger partial charge in [-0.1, -0.05) is 35.8 Å². The zero-order valence-electron chi connectivity index (χ0n) is 17.3. The predicted octanol–water partition coefficient (Wildman–Crippen LogP) is 6.02. The van der Waals surface area contributed by atoms with Crippen molar-refractivity contribution in [3.05, 3.63) is 40.4 Å². The Bertz CT molecular complexity index is 961. The highest BCUT2D eigenvalue weighted by atomic mass is 79.9. The van der Waals surface area contributed by atoms with E-state index >= 15 is 0 Å². The van der Waals surface area contributed by atoms with E-state index in [0.717, 1.165) is 64.4 Å². The van der Waals surface area contributed by atoms with E-state index in [1.807, 2.05) is 6.07 Å². The van der Waals surface area contributed by atoms with Crippen LogP contribution in [0, 0.1) is 6.92 Å². The molecule has 0 aliphatic rings. The summed E-state index contributed by atoms with van der Waals surface area (Å²) in [6, 6.07) is 10.4. The SMILES string of the molecule is CCCN(CCC)c1cccc2nc(Nc3c(C)cc(Br)cc3OC)n(C)c12. The van der Waals surface area contributed by atoms with Crippen molar-refractivity contribution in [2.75, 3.05) is 30.4 Å². The molecular formula is C22H29BrN4O. The van der Waals surface area contributed by atoms with Crippen molar-refractivity contribution < 1.29 is 4.74 Å². The summed E-state index contributed by atoms with van der Waals surface area (Å²) in [6.45, 7) is 8.60. The van der Waals surface area contributed by atoms with Gasteiger partial charge in [0.2, 0.25) is 5.95 Å². The zero-order valence-corrected chi connectivity index (χ0v) is 18.9. The molecule has 1 aromatic heterocycles. The third-order valence-corrected chi connectivity index (χ3v) is 5.38. The van der Waals surface area contributed by atoms with Crippen molar-refractivity contribution >= 4 is 44.3 Å². The summed E-state index contributed by atoms with van der Waals surface area (Å²) in [5, 5.41) is 3.49. The number of aryl methyl sites for hydroxylation is 2. The van der Waals surface area contributed by atoms with Gasteiger partial charge in [-0.15, -0.1) is 0 Å². The van der Waals surface area contributed by atoms with Crippen LogP contribution in [0.5, 0.6) is 5.75 Å². The predicted molar refractivity (Wildman–Crippen MR) is 122 cm³/mol. The molecule has 1 N–H and O–H groups in total. The summed E-state index contributed by atoms with van der Waals surface area (Å²) in [5.41, 5.74) is 5.42. The van der Waals surface area contributed by atoms with E-state index < -0.39 is 0 Å². The van der Waals surface area contributed by atoms with Crippen LogP contribution in [0.3, 0.4) is 0 Å². The first-order valence-electron chi connectivity index (χ1n) is 9.81. The van der Waals surface area contributed by atoms with Crippen LogP contribution in [0.15, 0.2) is 34.8 Å². The van der Waals surface area contributed by atoms with Crippen LogP contribution in [-0.2, 0) is 7.05 Å². The molecule has 5 nitrogen and oxygen atoms in total. The number of methoxy groups -OCH3 is 1. The first kappa shape index (κ1) is 20.5. The Kier molecular flexibility index (Phi) is 6.50. The molecule has 0 radical (unpaired) electrons.